The van der Waals surface area contributed by atoms with Gasteiger partial charge in [0.1, 0.15) is 0 Å². The van der Waals surface area contributed by atoms with Crippen molar-refractivity contribution >= 4 is 11.8 Å². The average Bonchev–Trinajstić information content (AvgIpc) is 2.42. The Hall–Kier alpha value is -2.49. The van der Waals surface area contributed by atoms with Crippen LogP contribution < -0.4 is 11.1 Å². The quantitative estimate of drug-likeness (QED) is 0.830. The zero-order valence-electron chi connectivity index (χ0n) is 11.8. The summed E-state index contributed by atoms with van der Waals surface area (Å²) < 4.78 is 37.5. The highest BCUT2D eigenvalue weighted by Crippen LogP contribution is 2.29. The van der Waals surface area contributed by atoms with Gasteiger partial charge in [-0.15, -0.1) is 0 Å². The smallest absolute Gasteiger partial charge is 0.370 e. The van der Waals surface area contributed by atoms with Gasteiger partial charge in [-0.05, 0) is 18.2 Å². The summed E-state index contributed by atoms with van der Waals surface area (Å²) in [4.78, 5) is 22.2. The van der Waals surface area contributed by atoms with E-state index in [4.69, 9.17) is 5.73 Å². The highest BCUT2D eigenvalue weighted by molar-refractivity contribution is 5.84. The Morgan fingerprint density at radius 3 is 2.64 bits per heavy atom. The second-order valence-electron chi connectivity index (χ2n) is 4.67. The van der Waals surface area contributed by atoms with Crippen LogP contribution in [0.4, 0.5) is 13.2 Å². The van der Waals surface area contributed by atoms with Crippen molar-refractivity contribution in [3.8, 4) is 11.8 Å². The topological polar surface area (TPSA) is 72.2 Å². The van der Waals surface area contributed by atoms with Gasteiger partial charge in [-0.1, -0.05) is 24.8 Å². The number of hydrogen-bond acceptors (Lipinski definition) is 2. The lowest BCUT2D eigenvalue weighted by Crippen LogP contribution is -2.32. The number of benzene rings is 1. The van der Waals surface area contributed by atoms with Crippen molar-refractivity contribution < 1.29 is 22.8 Å². The predicted octanol–water partition coefficient (Wildman–Crippen LogP) is 1.68. The van der Waals surface area contributed by atoms with E-state index in [1.807, 2.05) is 0 Å². The molecule has 2 amide bonds. The highest BCUT2D eigenvalue weighted by Gasteiger charge is 2.30. The molecule has 0 heterocycles. The number of amides is 2. The molecule has 1 rings (SSSR count). The van der Waals surface area contributed by atoms with Gasteiger partial charge in [0.2, 0.25) is 11.8 Å². The third-order valence-corrected chi connectivity index (χ3v) is 2.73. The number of nitrogens with two attached hydrogens (primary N) is 1. The molecule has 118 valence electrons. The Balaban J connectivity index is 2.58. The van der Waals surface area contributed by atoms with Crippen LogP contribution in [0.2, 0.25) is 0 Å². The van der Waals surface area contributed by atoms with Crippen LogP contribution in [0.3, 0.4) is 0 Å². The molecule has 4 nitrogen and oxygen atoms in total. The minimum atomic E-state index is -4.42. The minimum absolute atomic E-state index is 0.0296. The molecule has 0 aliphatic heterocycles. The van der Waals surface area contributed by atoms with Crippen molar-refractivity contribution in [2.24, 2.45) is 11.7 Å². The number of carbonyl (C=O) groups is 2. The summed E-state index contributed by atoms with van der Waals surface area (Å²) in [6.45, 7) is 1.51. The molecule has 7 heteroatoms. The molecule has 0 aliphatic rings. The Bertz CT molecular complexity index is 615. The molecule has 0 aromatic heterocycles. The Morgan fingerprint density at radius 1 is 1.36 bits per heavy atom. The molecule has 0 aliphatic carbocycles. The van der Waals surface area contributed by atoms with Gasteiger partial charge in [-0.2, -0.15) is 13.2 Å². The summed E-state index contributed by atoms with van der Waals surface area (Å²) in [5.41, 5.74) is 4.40. The fourth-order valence-electron chi connectivity index (χ4n) is 1.62. The van der Waals surface area contributed by atoms with Gasteiger partial charge in [-0.3, -0.25) is 9.59 Å². The van der Waals surface area contributed by atoms with E-state index < -0.39 is 29.5 Å². The van der Waals surface area contributed by atoms with E-state index in [-0.39, 0.29) is 18.5 Å². The fraction of sp³-hybridized carbons (Fsp3) is 0.333. The number of primary amides is 1. The number of alkyl halides is 3. The first kappa shape index (κ1) is 17.6. The van der Waals surface area contributed by atoms with E-state index in [1.54, 1.807) is 6.92 Å². The van der Waals surface area contributed by atoms with Gasteiger partial charge in [0.05, 0.1) is 12.1 Å². The van der Waals surface area contributed by atoms with Crippen LogP contribution in [0.15, 0.2) is 24.3 Å². The number of halogens is 3. The lowest BCUT2D eigenvalue weighted by atomic mass is 10.1. The molecule has 0 radical (unpaired) electrons. The third-order valence-electron chi connectivity index (χ3n) is 2.73. The van der Waals surface area contributed by atoms with Gasteiger partial charge >= 0.3 is 6.18 Å². The summed E-state index contributed by atoms with van der Waals surface area (Å²) in [5, 5.41) is 2.46. The van der Waals surface area contributed by atoms with Crippen molar-refractivity contribution in [2.45, 2.75) is 19.5 Å². The van der Waals surface area contributed by atoms with E-state index in [0.717, 1.165) is 12.1 Å². The molecule has 0 saturated heterocycles. The molecule has 0 bridgehead atoms. The van der Waals surface area contributed by atoms with Crippen LogP contribution in [0, 0.1) is 17.8 Å². The van der Waals surface area contributed by atoms with Crippen LogP contribution in [0.5, 0.6) is 0 Å². The third kappa shape index (κ3) is 5.87. The second kappa shape index (κ2) is 7.50. The first-order chi connectivity index (χ1) is 10.2. The molecular formula is C15H15F3N2O2. The van der Waals surface area contributed by atoms with E-state index in [2.05, 4.69) is 17.2 Å². The molecular weight excluding hydrogens is 297 g/mol. The van der Waals surface area contributed by atoms with E-state index in [9.17, 15) is 22.8 Å². The van der Waals surface area contributed by atoms with Crippen LogP contribution in [0.25, 0.3) is 0 Å². The summed E-state index contributed by atoms with van der Waals surface area (Å²) in [6, 6.07) is 4.60. The van der Waals surface area contributed by atoms with Crippen molar-refractivity contribution in [1.82, 2.24) is 5.32 Å². The minimum Gasteiger partial charge on any atom is -0.370 e. The SMILES string of the molecule is CC(CC(N)=O)C(=O)NCC#Cc1cccc(C(F)(F)F)c1. The van der Waals surface area contributed by atoms with E-state index in [1.165, 1.54) is 12.1 Å². The Labute approximate surface area is 125 Å². The number of rotatable bonds is 4. The largest absolute Gasteiger partial charge is 0.416 e. The first-order valence-corrected chi connectivity index (χ1v) is 6.42. The summed E-state index contributed by atoms with van der Waals surface area (Å²) in [7, 11) is 0. The predicted molar refractivity (Wildman–Crippen MR) is 74.3 cm³/mol. The van der Waals surface area contributed by atoms with Crippen molar-refractivity contribution in [1.29, 1.82) is 0 Å². The monoisotopic (exact) mass is 312 g/mol. The summed E-state index contributed by atoms with van der Waals surface area (Å²) in [5.74, 6) is 3.54. The molecule has 22 heavy (non-hydrogen) atoms. The fourth-order valence-corrected chi connectivity index (χ4v) is 1.62. The zero-order valence-corrected chi connectivity index (χ0v) is 11.8. The standard InChI is InChI=1S/C15H15F3N2O2/c1-10(8-13(19)21)14(22)20-7-3-5-11-4-2-6-12(9-11)15(16,17)18/h2,4,6,9-10H,7-8H2,1H3,(H2,19,21)(H,20,22). The van der Waals surface area contributed by atoms with Gasteiger partial charge in [0.15, 0.2) is 0 Å². The van der Waals surface area contributed by atoms with Crippen LogP contribution in [-0.2, 0) is 15.8 Å². The van der Waals surface area contributed by atoms with Crippen molar-refractivity contribution in [3.63, 3.8) is 0 Å². The molecule has 1 aromatic carbocycles. The molecule has 1 atom stereocenters. The van der Waals surface area contributed by atoms with Crippen LogP contribution in [0.1, 0.15) is 24.5 Å². The van der Waals surface area contributed by atoms with Gasteiger partial charge in [-0.25, -0.2) is 0 Å². The van der Waals surface area contributed by atoms with E-state index in [0.29, 0.717) is 0 Å². The summed E-state index contributed by atoms with van der Waals surface area (Å²) in [6.07, 6.45) is -4.50. The first-order valence-electron chi connectivity index (χ1n) is 6.42. The van der Waals surface area contributed by atoms with Crippen molar-refractivity contribution in [2.75, 3.05) is 6.54 Å². The molecule has 0 saturated carbocycles. The number of carbonyl (C=O) groups excluding carboxylic acids is 2. The molecule has 1 unspecified atom stereocenters. The van der Waals surface area contributed by atoms with Gasteiger partial charge in [0.25, 0.3) is 0 Å². The van der Waals surface area contributed by atoms with E-state index >= 15 is 0 Å². The van der Waals surface area contributed by atoms with Gasteiger partial charge in [0, 0.05) is 17.9 Å². The molecule has 3 N–H and O–H groups in total. The van der Waals surface area contributed by atoms with Gasteiger partial charge < -0.3 is 11.1 Å². The maximum atomic E-state index is 12.5. The maximum Gasteiger partial charge on any atom is 0.416 e. The second-order valence-corrected chi connectivity index (χ2v) is 4.67. The lowest BCUT2D eigenvalue weighted by Gasteiger charge is -2.07. The molecule has 1 aromatic rings. The Morgan fingerprint density at radius 2 is 2.05 bits per heavy atom. The highest BCUT2D eigenvalue weighted by atomic mass is 19.4. The number of hydrogen-bond donors (Lipinski definition) is 2. The lowest BCUT2D eigenvalue weighted by molar-refractivity contribution is -0.137. The zero-order chi connectivity index (χ0) is 16.8. The Kier molecular flexibility index (Phi) is 5.99. The maximum absolute atomic E-state index is 12.5. The number of nitrogens with one attached hydrogen (secondary N) is 1. The molecule has 0 spiro atoms. The molecule has 0 fully saturated rings. The normalized spacial score (nSPS) is 12.0. The summed E-state index contributed by atoms with van der Waals surface area (Å²) >= 11 is 0. The average molecular weight is 312 g/mol. The van der Waals surface area contributed by atoms with Crippen LogP contribution in [-0.4, -0.2) is 18.4 Å². The van der Waals surface area contributed by atoms with Crippen LogP contribution >= 0.6 is 0 Å². The van der Waals surface area contributed by atoms with Crippen molar-refractivity contribution in [3.05, 3.63) is 35.4 Å².